The van der Waals surface area contributed by atoms with Gasteiger partial charge in [0.15, 0.2) is 0 Å². The Morgan fingerprint density at radius 3 is 2.90 bits per heavy atom. The number of nitrogens with two attached hydrogens (primary N) is 1. The molecule has 1 aliphatic heterocycles. The number of ether oxygens (including phenoxy) is 1. The van der Waals surface area contributed by atoms with Crippen molar-refractivity contribution >= 4 is 13.8 Å². The van der Waals surface area contributed by atoms with Crippen molar-refractivity contribution in [3.05, 3.63) is 16.8 Å². The predicted molar refractivity (Wildman–Crippen MR) is 63.2 cm³/mol. The van der Waals surface area contributed by atoms with Crippen molar-refractivity contribution in [1.29, 1.82) is 0 Å². The SMILES string of the molecule is Nc1ncn([C@H]2C[C@@H](O)[C@@H](COP(=O)(O)O)O2)c(=O)n1. The zero-order valence-corrected chi connectivity index (χ0v) is 11.0. The summed E-state index contributed by atoms with van der Waals surface area (Å²) in [6.45, 7) is -0.507. The van der Waals surface area contributed by atoms with Crippen LogP contribution in [-0.4, -0.2) is 48.2 Å². The highest BCUT2D eigenvalue weighted by molar-refractivity contribution is 7.46. The van der Waals surface area contributed by atoms with Gasteiger partial charge in [-0.2, -0.15) is 4.98 Å². The van der Waals surface area contributed by atoms with Gasteiger partial charge in [-0.3, -0.25) is 9.09 Å². The highest BCUT2D eigenvalue weighted by Gasteiger charge is 2.37. The third-order valence-corrected chi connectivity index (χ3v) is 3.15. The van der Waals surface area contributed by atoms with E-state index in [2.05, 4.69) is 14.5 Å². The predicted octanol–water partition coefficient (Wildman–Crippen LogP) is -2.02. The Kier molecular flexibility index (Phi) is 4.18. The number of phosphoric ester groups is 1. The van der Waals surface area contributed by atoms with Crippen molar-refractivity contribution in [3.63, 3.8) is 0 Å². The fourth-order valence-corrected chi connectivity index (χ4v) is 2.10. The normalized spacial score (nSPS) is 26.9. The van der Waals surface area contributed by atoms with Crippen LogP contribution >= 0.6 is 7.82 Å². The minimum Gasteiger partial charge on any atom is -0.390 e. The molecule has 112 valence electrons. The number of hydrogen-bond acceptors (Lipinski definition) is 8. The Labute approximate surface area is 112 Å². The standard InChI is InChI=1S/C8H13N4O7P/c9-7-10-3-12(8(14)11-7)6-1-4(13)5(19-6)2-18-20(15,16)17/h3-6,13H,1-2H2,(H2,9,11,14)(H2,15,16,17)/t4-,5-,6-/m1/s1. The lowest BCUT2D eigenvalue weighted by atomic mass is 10.2. The van der Waals surface area contributed by atoms with Gasteiger partial charge in [0.1, 0.15) is 18.7 Å². The maximum absolute atomic E-state index is 11.6. The monoisotopic (exact) mass is 308 g/mol. The minimum atomic E-state index is -4.65. The lowest BCUT2D eigenvalue weighted by molar-refractivity contribution is -0.0453. The van der Waals surface area contributed by atoms with Gasteiger partial charge in [-0.25, -0.2) is 14.3 Å². The second kappa shape index (κ2) is 5.56. The molecule has 0 amide bonds. The molecule has 0 aromatic carbocycles. The number of nitrogen functional groups attached to an aromatic ring is 1. The molecule has 0 saturated carbocycles. The summed E-state index contributed by atoms with van der Waals surface area (Å²) < 4.78 is 21.2. The van der Waals surface area contributed by atoms with Crippen LogP contribution in [0, 0.1) is 0 Å². The van der Waals surface area contributed by atoms with E-state index in [9.17, 15) is 14.5 Å². The lowest BCUT2D eigenvalue weighted by Gasteiger charge is -2.15. The molecule has 3 atom stereocenters. The van der Waals surface area contributed by atoms with Crippen LogP contribution in [0.15, 0.2) is 11.1 Å². The Balaban J connectivity index is 2.06. The minimum absolute atomic E-state index is 0.0301. The smallest absolute Gasteiger partial charge is 0.390 e. The van der Waals surface area contributed by atoms with Crippen LogP contribution in [0.4, 0.5) is 5.95 Å². The third-order valence-electron chi connectivity index (χ3n) is 2.67. The Morgan fingerprint density at radius 1 is 1.60 bits per heavy atom. The number of aliphatic hydroxyl groups excluding tert-OH is 1. The second-order valence-electron chi connectivity index (χ2n) is 4.12. The maximum Gasteiger partial charge on any atom is 0.469 e. The van der Waals surface area contributed by atoms with Crippen molar-refractivity contribution < 1.29 is 28.7 Å². The van der Waals surface area contributed by atoms with Gasteiger partial charge in [0, 0.05) is 6.42 Å². The number of aliphatic hydroxyl groups is 1. The van der Waals surface area contributed by atoms with E-state index in [0.717, 1.165) is 10.9 Å². The molecule has 1 aromatic heterocycles. The Bertz CT molecular complexity index is 586. The van der Waals surface area contributed by atoms with Gasteiger partial charge >= 0.3 is 13.5 Å². The van der Waals surface area contributed by atoms with E-state index in [4.69, 9.17) is 20.3 Å². The van der Waals surface area contributed by atoms with Crippen LogP contribution in [0.3, 0.4) is 0 Å². The van der Waals surface area contributed by atoms with Gasteiger partial charge < -0.3 is 25.4 Å². The molecule has 20 heavy (non-hydrogen) atoms. The Morgan fingerprint density at radius 2 is 2.30 bits per heavy atom. The van der Waals surface area contributed by atoms with Gasteiger partial charge in [-0.15, -0.1) is 0 Å². The quantitative estimate of drug-likeness (QED) is 0.455. The second-order valence-corrected chi connectivity index (χ2v) is 5.36. The molecule has 1 aromatic rings. The summed E-state index contributed by atoms with van der Waals surface area (Å²) in [5, 5.41) is 9.72. The van der Waals surface area contributed by atoms with Crippen molar-refractivity contribution in [2.75, 3.05) is 12.3 Å². The molecule has 0 spiro atoms. The summed E-state index contributed by atoms with van der Waals surface area (Å²) in [6.07, 6.45) is -1.73. The number of phosphoric acid groups is 1. The zero-order chi connectivity index (χ0) is 14.9. The summed E-state index contributed by atoms with van der Waals surface area (Å²) in [6, 6.07) is 0. The number of hydrogen-bond donors (Lipinski definition) is 4. The molecule has 5 N–H and O–H groups in total. The highest BCUT2D eigenvalue weighted by atomic mass is 31.2. The molecule has 2 heterocycles. The molecule has 12 heteroatoms. The molecule has 1 saturated heterocycles. The maximum atomic E-state index is 11.6. The van der Waals surface area contributed by atoms with Gasteiger partial charge in [0.05, 0.1) is 12.7 Å². The van der Waals surface area contributed by atoms with E-state index >= 15 is 0 Å². The first-order valence-corrected chi connectivity index (χ1v) is 7.03. The van der Waals surface area contributed by atoms with Crippen LogP contribution in [0.25, 0.3) is 0 Å². The molecule has 11 nitrogen and oxygen atoms in total. The highest BCUT2D eigenvalue weighted by Crippen LogP contribution is 2.38. The molecule has 0 unspecified atom stereocenters. The van der Waals surface area contributed by atoms with E-state index < -0.39 is 38.6 Å². The van der Waals surface area contributed by atoms with E-state index in [-0.39, 0.29) is 12.4 Å². The first-order valence-electron chi connectivity index (χ1n) is 5.50. The van der Waals surface area contributed by atoms with Crippen molar-refractivity contribution in [3.8, 4) is 0 Å². The van der Waals surface area contributed by atoms with Crippen LogP contribution in [-0.2, 0) is 13.8 Å². The number of rotatable bonds is 4. The fourth-order valence-electron chi connectivity index (χ4n) is 1.76. The fraction of sp³-hybridized carbons (Fsp3) is 0.625. The van der Waals surface area contributed by atoms with E-state index in [0.29, 0.717) is 0 Å². The first kappa shape index (κ1) is 15.0. The van der Waals surface area contributed by atoms with Crippen molar-refractivity contribution in [2.45, 2.75) is 24.9 Å². The molecule has 1 fully saturated rings. The van der Waals surface area contributed by atoms with E-state index in [1.807, 2.05) is 0 Å². The van der Waals surface area contributed by atoms with E-state index in [1.54, 1.807) is 0 Å². The summed E-state index contributed by atoms with van der Waals surface area (Å²) in [7, 11) is -4.65. The zero-order valence-electron chi connectivity index (χ0n) is 10.1. The first-order chi connectivity index (χ1) is 9.26. The topological polar surface area (TPSA) is 170 Å². The third kappa shape index (κ3) is 3.60. The summed E-state index contributed by atoms with van der Waals surface area (Å²) >= 11 is 0. The van der Waals surface area contributed by atoms with Gasteiger partial charge in [-0.05, 0) is 0 Å². The van der Waals surface area contributed by atoms with E-state index in [1.165, 1.54) is 0 Å². The molecule has 0 radical (unpaired) electrons. The van der Waals surface area contributed by atoms with Gasteiger partial charge in [-0.1, -0.05) is 0 Å². The average molecular weight is 308 g/mol. The molecule has 0 aliphatic carbocycles. The number of aromatic nitrogens is 3. The van der Waals surface area contributed by atoms with Crippen LogP contribution in [0.1, 0.15) is 12.6 Å². The largest absolute Gasteiger partial charge is 0.469 e. The molecular weight excluding hydrogens is 295 g/mol. The summed E-state index contributed by atoms with van der Waals surface area (Å²) in [5.74, 6) is -0.189. The van der Waals surface area contributed by atoms with Crippen molar-refractivity contribution in [2.24, 2.45) is 0 Å². The Hall–Kier alpha value is -1.36. The van der Waals surface area contributed by atoms with Crippen LogP contribution in [0.2, 0.25) is 0 Å². The molecule has 1 aliphatic rings. The lowest BCUT2D eigenvalue weighted by Crippen LogP contribution is -2.29. The molecule has 2 rings (SSSR count). The van der Waals surface area contributed by atoms with Gasteiger partial charge in [0.2, 0.25) is 5.95 Å². The average Bonchev–Trinajstić information content (AvgIpc) is 2.67. The summed E-state index contributed by atoms with van der Waals surface area (Å²) in [5.41, 5.74) is 4.54. The van der Waals surface area contributed by atoms with Gasteiger partial charge in [0.25, 0.3) is 0 Å². The van der Waals surface area contributed by atoms with Crippen molar-refractivity contribution in [1.82, 2.24) is 14.5 Å². The molecular formula is C8H13N4O7P. The number of anilines is 1. The number of nitrogens with zero attached hydrogens (tertiary/aromatic N) is 3. The molecule has 0 bridgehead atoms. The summed E-state index contributed by atoms with van der Waals surface area (Å²) in [4.78, 5) is 35.8. The van der Waals surface area contributed by atoms with Crippen LogP contribution < -0.4 is 11.4 Å². The van der Waals surface area contributed by atoms with Crippen LogP contribution in [0.5, 0.6) is 0 Å².